The number of nitrogens with zero attached hydrogens (tertiary/aromatic N) is 1. The minimum atomic E-state index is 0.0787. The Hall–Kier alpha value is 0.130. The standard InChI is InChI=1S/C13H14Br3NO/c1-17(7-8-2-10(14)3-8)13(18)9-4-11(15)6-12(16)5-9/h4-6,8,10H,2-3,7H2,1H3. The molecular formula is C13H14Br3NO. The van der Waals surface area contributed by atoms with Gasteiger partial charge in [-0.1, -0.05) is 47.8 Å². The molecule has 1 fully saturated rings. The Balaban J connectivity index is 2.01. The molecule has 0 N–H and O–H groups in total. The number of hydrogen-bond donors (Lipinski definition) is 0. The normalized spacial score (nSPS) is 22.4. The summed E-state index contributed by atoms with van der Waals surface area (Å²) in [5.74, 6) is 0.717. The molecule has 0 bridgehead atoms. The molecule has 0 heterocycles. The number of benzene rings is 1. The zero-order valence-corrected chi connectivity index (χ0v) is 14.8. The van der Waals surface area contributed by atoms with E-state index in [1.807, 2.05) is 30.1 Å². The van der Waals surface area contributed by atoms with Crippen LogP contribution >= 0.6 is 47.8 Å². The highest BCUT2D eigenvalue weighted by atomic mass is 79.9. The summed E-state index contributed by atoms with van der Waals surface area (Å²) in [6.45, 7) is 0.838. The zero-order chi connectivity index (χ0) is 13.3. The van der Waals surface area contributed by atoms with E-state index in [2.05, 4.69) is 47.8 Å². The van der Waals surface area contributed by atoms with E-state index >= 15 is 0 Å². The van der Waals surface area contributed by atoms with Crippen molar-refractivity contribution in [2.45, 2.75) is 17.7 Å². The van der Waals surface area contributed by atoms with Crippen molar-refractivity contribution >= 4 is 53.7 Å². The predicted molar refractivity (Wildman–Crippen MR) is 84.2 cm³/mol. The maximum Gasteiger partial charge on any atom is 0.253 e. The molecule has 1 aromatic carbocycles. The quantitative estimate of drug-likeness (QED) is 0.637. The molecule has 1 amide bonds. The fraction of sp³-hybridized carbons (Fsp3) is 0.462. The molecule has 0 radical (unpaired) electrons. The predicted octanol–water partition coefficient (Wildman–Crippen LogP) is 4.46. The van der Waals surface area contributed by atoms with Crippen LogP contribution in [0, 0.1) is 5.92 Å². The number of carbonyl (C=O) groups is 1. The van der Waals surface area contributed by atoms with Crippen LogP contribution in [-0.4, -0.2) is 29.2 Å². The first-order valence-electron chi connectivity index (χ1n) is 5.81. The van der Waals surface area contributed by atoms with Crippen LogP contribution in [0.5, 0.6) is 0 Å². The van der Waals surface area contributed by atoms with Crippen LogP contribution in [0.4, 0.5) is 0 Å². The molecular weight excluding hydrogens is 426 g/mol. The molecule has 18 heavy (non-hydrogen) atoms. The molecule has 2 nitrogen and oxygen atoms in total. The Kier molecular flexibility index (Phi) is 4.89. The second-order valence-electron chi connectivity index (χ2n) is 4.78. The van der Waals surface area contributed by atoms with Gasteiger partial charge < -0.3 is 4.90 Å². The summed E-state index contributed by atoms with van der Waals surface area (Å²) in [4.78, 5) is 14.7. The van der Waals surface area contributed by atoms with E-state index < -0.39 is 0 Å². The number of carbonyl (C=O) groups excluding carboxylic acids is 1. The summed E-state index contributed by atoms with van der Waals surface area (Å²) in [6.07, 6.45) is 2.33. The van der Waals surface area contributed by atoms with Crippen LogP contribution in [0.25, 0.3) is 0 Å². The molecule has 0 aromatic heterocycles. The topological polar surface area (TPSA) is 20.3 Å². The molecule has 0 saturated heterocycles. The van der Waals surface area contributed by atoms with Crippen molar-refractivity contribution in [3.8, 4) is 0 Å². The van der Waals surface area contributed by atoms with Gasteiger partial charge in [0.05, 0.1) is 0 Å². The van der Waals surface area contributed by atoms with Crippen LogP contribution in [0.2, 0.25) is 0 Å². The SMILES string of the molecule is CN(CC1CC(Br)C1)C(=O)c1cc(Br)cc(Br)c1. The van der Waals surface area contributed by atoms with Gasteiger partial charge in [-0.15, -0.1) is 0 Å². The van der Waals surface area contributed by atoms with Crippen LogP contribution < -0.4 is 0 Å². The summed E-state index contributed by atoms with van der Waals surface area (Å²) in [5, 5.41) is 0. The smallest absolute Gasteiger partial charge is 0.253 e. The molecule has 0 spiro atoms. The largest absolute Gasteiger partial charge is 0.341 e. The molecule has 2 rings (SSSR count). The molecule has 0 unspecified atom stereocenters. The average molecular weight is 440 g/mol. The van der Waals surface area contributed by atoms with Crippen molar-refractivity contribution in [1.29, 1.82) is 0 Å². The van der Waals surface area contributed by atoms with E-state index in [0.717, 1.165) is 15.5 Å². The molecule has 5 heteroatoms. The third-order valence-corrected chi connectivity index (χ3v) is 4.83. The highest BCUT2D eigenvalue weighted by Gasteiger charge is 2.29. The minimum Gasteiger partial charge on any atom is -0.341 e. The molecule has 98 valence electrons. The first-order chi connectivity index (χ1) is 8.45. The summed E-state index contributed by atoms with van der Waals surface area (Å²) in [7, 11) is 1.87. The van der Waals surface area contributed by atoms with Crippen LogP contribution in [0.15, 0.2) is 27.1 Å². The van der Waals surface area contributed by atoms with Crippen molar-refractivity contribution in [2.24, 2.45) is 5.92 Å². The van der Waals surface area contributed by atoms with Crippen molar-refractivity contribution in [1.82, 2.24) is 4.90 Å². The van der Waals surface area contributed by atoms with Crippen LogP contribution in [0.3, 0.4) is 0 Å². The van der Waals surface area contributed by atoms with Gasteiger partial charge in [-0.05, 0) is 37.0 Å². The van der Waals surface area contributed by atoms with Gasteiger partial charge in [0.2, 0.25) is 0 Å². The molecule has 1 aliphatic carbocycles. The van der Waals surface area contributed by atoms with Crippen molar-refractivity contribution in [3.05, 3.63) is 32.7 Å². The summed E-state index contributed by atoms with van der Waals surface area (Å²) >= 11 is 10.4. The number of rotatable bonds is 3. The monoisotopic (exact) mass is 437 g/mol. The lowest BCUT2D eigenvalue weighted by Gasteiger charge is -2.34. The summed E-state index contributed by atoms with van der Waals surface area (Å²) in [5.41, 5.74) is 0.716. The van der Waals surface area contributed by atoms with Crippen molar-refractivity contribution in [3.63, 3.8) is 0 Å². The van der Waals surface area contributed by atoms with Gasteiger partial charge in [0.25, 0.3) is 5.91 Å². The van der Waals surface area contributed by atoms with E-state index in [1.54, 1.807) is 0 Å². The van der Waals surface area contributed by atoms with E-state index in [-0.39, 0.29) is 5.91 Å². The maximum atomic E-state index is 12.3. The molecule has 1 aliphatic rings. The lowest BCUT2D eigenvalue weighted by atomic mass is 9.85. The Bertz CT molecular complexity index is 437. The first kappa shape index (κ1) is 14.5. The van der Waals surface area contributed by atoms with E-state index in [1.165, 1.54) is 12.8 Å². The maximum absolute atomic E-state index is 12.3. The van der Waals surface area contributed by atoms with Gasteiger partial charge in [-0.25, -0.2) is 0 Å². The Morgan fingerprint density at radius 1 is 1.28 bits per heavy atom. The molecule has 1 saturated carbocycles. The second-order valence-corrected chi connectivity index (χ2v) is 7.90. The first-order valence-corrected chi connectivity index (χ1v) is 8.31. The van der Waals surface area contributed by atoms with E-state index in [4.69, 9.17) is 0 Å². The number of halogens is 3. The van der Waals surface area contributed by atoms with Gasteiger partial charge >= 0.3 is 0 Å². The summed E-state index contributed by atoms with van der Waals surface area (Å²) in [6, 6.07) is 5.65. The Morgan fingerprint density at radius 2 is 1.83 bits per heavy atom. The van der Waals surface area contributed by atoms with E-state index in [9.17, 15) is 4.79 Å². The second kappa shape index (κ2) is 6.06. The summed E-state index contributed by atoms with van der Waals surface area (Å²) < 4.78 is 1.83. The number of alkyl halides is 1. The van der Waals surface area contributed by atoms with E-state index in [0.29, 0.717) is 16.3 Å². The van der Waals surface area contributed by atoms with Crippen molar-refractivity contribution < 1.29 is 4.79 Å². The lowest BCUT2D eigenvalue weighted by molar-refractivity contribution is 0.0748. The fourth-order valence-electron chi connectivity index (χ4n) is 2.17. The number of hydrogen-bond acceptors (Lipinski definition) is 1. The van der Waals surface area contributed by atoms with Crippen LogP contribution in [0.1, 0.15) is 23.2 Å². The van der Waals surface area contributed by atoms with Crippen molar-refractivity contribution in [2.75, 3.05) is 13.6 Å². The average Bonchev–Trinajstić information content (AvgIpc) is 2.24. The van der Waals surface area contributed by atoms with Crippen LogP contribution in [-0.2, 0) is 0 Å². The van der Waals surface area contributed by atoms with Gasteiger partial charge in [0.15, 0.2) is 0 Å². The van der Waals surface area contributed by atoms with Gasteiger partial charge in [0, 0.05) is 32.9 Å². The molecule has 1 aromatic rings. The Morgan fingerprint density at radius 3 is 2.33 bits per heavy atom. The Labute approximate surface area is 133 Å². The zero-order valence-electron chi connectivity index (χ0n) is 10.00. The van der Waals surface area contributed by atoms with Gasteiger partial charge in [0.1, 0.15) is 0 Å². The highest BCUT2D eigenvalue weighted by molar-refractivity contribution is 9.11. The highest BCUT2D eigenvalue weighted by Crippen LogP contribution is 2.33. The minimum absolute atomic E-state index is 0.0787. The van der Waals surface area contributed by atoms with Gasteiger partial charge in [-0.2, -0.15) is 0 Å². The third-order valence-electron chi connectivity index (χ3n) is 3.17. The number of amides is 1. The third kappa shape index (κ3) is 3.58. The fourth-order valence-corrected chi connectivity index (χ4v) is 4.52. The lowest BCUT2D eigenvalue weighted by Crippen LogP contribution is -2.37. The van der Waals surface area contributed by atoms with Gasteiger partial charge in [-0.3, -0.25) is 4.79 Å². The molecule has 0 aliphatic heterocycles. The molecule has 0 atom stereocenters.